The van der Waals surface area contributed by atoms with Crippen LogP contribution in [0.1, 0.15) is 17.3 Å². The van der Waals surface area contributed by atoms with Gasteiger partial charge < -0.3 is 9.15 Å². The second-order valence-corrected chi connectivity index (χ2v) is 7.54. The molecule has 1 atom stereocenters. The number of aromatic nitrogens is 1. The topological polar surface area (TPSA) is 81.4 Å². The molecular formula is C17H15BrN2O4S. The third-order valence-electron chi connectivity index (χ3n) is 3.52. The predicted octanol–water partition coefficient (Wildman–Crippen LogP) is 3.51. The maximum Gasteiger partial charge on any atom is 0.274 e. The normalized spacial score (nSPS) is 12.7. The number of nitrogens with one attached hydrogen (secondary N) is 1. The zero-order chi connectivity index (χ0) is 17.9. The van der Waals surface area contributed by atoms with Gasteiger partial charge >= 0.3 is 0 Å². The quantitative estimate of drug-likeness (QED) is 0.656. The number of hydrogen-bond acceptors (Lipinski definition) is 5. The first-order valence-corrected chi connectivity index (χ1v) is 9.60. The van der Waals surface area contributed by atoms with Crippen molar-refractivity contribution in [2.75, 3.05) is 7.11 Å². The number of pyridine rings is 1. The summed E-state index contributed by atoms with van der Waals surface area (Å²) in [6.45, 7) is 0. The number of benzene rings is 1. The van der Waals surface area contributed by atoms with Gasteiger partial charge in [0.2, 0.25) is 5.09 Å². The highest BCUT2D eigenvalue weighted by atomic mass is 79.9. The third-order valence-corrected chi connectivity index (χ3v) is 5.24. The minimum absolute atomic E-state index is 0.185. The van der Waals surface area contributed by atoms with Crippen LogP contribution in [0.5, 0.6) is 5.75 Å². The van der Waals surface area contributed by atoms with Crippen molar-refractivity contribution in [2.45, 2.75) is 11.1 Å². The minimum Gasteiger partial charge on any atom is -0.496 e. The Bertz CT molecular complexity index is 958. The molecule has 0 aliphatic heterocycles. The summed E-state index contributed by atoms with van der Waals surface area (Å²) >= 11 is 3.11. The van der Waals surface area contributed by atoms with Gasteiger partial charge in [-0.1, -0.05) is 24.3 Å². The Hall–Kier alpha value is -2.16. The fourth-order valence-corrected chi connectivity index (χ4v) is 3.92. The number of rotatable bonds is 6. The highest BCUT2D eigenvalue weighted by molar-refractivity contribution is 9.10. The van der Waals surface area contributed by atoms with Crippen molar-refractivity contribution < 1.29 is 17.6 Å². The summed E-state index contributed by atoms with van der Waals surface area (Å²) in [5.41, 5.74) is 1.19. The van der Waals surface area contributed by atoms with Crippen LogP contribution in [0.15, 0.2) is 75.0 Å². The molecule has 0 bridgehead atoms. The Morgan fingerprint density at radius 3 is 2.52 bits per heavy atom. The van der Waals surface area contributed by atoms with Gasteiger partial charge in [-0.3, -0.25) is 4.98 Å². The lowest BCUT2D eigenvalue weighted by atomic mass is 10.0. The van der Waals surface area contributed by atoms with Gasteiger partial charge in [0.15, 0.2) is 4.67 Å². The first-order chi connectivity index (χ1) is 12.0. The third kappa shape index (κ3) is 3.92. The molecule has 1 unspecified atom stereocenters. The van der Waals surface area contributed by atoms with E-state index in [9.17, 15) is 8.42 Å². The molecule has 0 aliphatic carbocycles. The van der Waals surface area contributed by atoms with Gasteiger partial charge in [-0.15, -0.1) is 0 Å². The average molecular weight is 423 g/mol. The van der Waals surface area contributed by atoms with Crippen molar-refractivity contribution in [3.8, 4) is 5.75 Å². The molecule has 8 heteroatoms. The molecule has 0 spiro atoms. The van der Waals surface area contributed by atoms with Gasteiger partial charge in [-0.25, -0.2) is 8.42 Å². The molecule has 3 rings (SSSR count). The molecule has 130 valence electrons. The van der Waals surface area contributed by atoms with E-state index in [0.29, 0.717) is 21.7 Å². The fourth-order valence-electron chi connectivity index (χ4n) is 2.39. The summed E-state index contributed by atoms with van der Waals surface area (Å²) in [7, 11) is -2.37. The summed E-state index contributed by atoms with van der Waals surface area (Å²) in [4.78, 5) is 4.29. The van der Waals surface area contributed by atoms with Gasteiger partial charge in [-0.2, -0.15) is 4.72 Å². The molecule has 0 radical (unpaired) electrons. The Kier molecular flexibility index (Phi) is 5.22. The van der Waals surface area contributed by atoms with E-state index in [1.165, 1.54) is 19.2 Å². The van der Waals surface area contributed by atoms with Gasteiger partial charge in [0, 0.05) is 11.8 Å². The van der Waals surface area contributed by atoms with E-state index in [1.807, 2.05) is 12.1 Å². The van der Waals surface area contributed by atoms with E-state index in [4.69, 9.17) is 9.15 Å². The van der Waals surface area contributed by atoms with Crippen LogP contribution in [-0.4, -0.2) is 20.5 Å². The maximum atomic E-state index is 12.7. The fraction of sp³-hybridized carbons (Fsp3) is 0.118. The van der Waals surface area contributed by atoms with E-state index >= 15 is 0 Å². The second-order valence-electron chi connectivity index (χ2n) is 5.11. The molecule has 2 aromatic heterocycles. The highest BCUT2D eigenvalue weighted by Crippen LogP contribution is 2.30. The van der Waals surface area contributed by atoms with Crippen molar-refractivity contribution >= 4 is 26.0 Å². The molecule has 0 saturated heterocycles. The monoisotopic (exact) mass is 422 g/mol. The zero-order valence-corrected chi connectivity index (χ0v) is 15.6. The number of nitrogens with zero attached hydrogens (tertiary/aromatic N) is 1. The standard InChI is InChI=1S/C17H15BrN2O4S/c1-23-14-8-3-2-6-12(14)17(13-7-4-5-11-19-13)20-25(21,22)16-10-9-15(18)24-16/h2-11,17,20H,1H3. The van der Waals surface area contributed by atoms with Crippen LogP contribution in [0.25, 0.3) is 0 Å². The Balaban J connectivity index is 2.06. The molecule has 6 nitrogen and oxygen atoms in total. The molecule has 1 aromatic carbocycles. The van der Waals surface area contributed by atoms with Gasteiger partial charge in [0.25, 0.3) is 10.0 Å². The predicted molar refractivity (Wildman–Crippen MR) is 95.8 cm³/mol. The SMILES string of the molecule is COc1ccccc1C(NS(=O)(=O)c1ccc(Br)o1)c1ccccn1. The van der Waals surface area contributed by atoms with Crippen LogP contribution in [0.2, 0.25) is 0 Å². The molecule has 0 saturated carbocycles. The molecule has 2 heterocycles. The lowest BCUT2D eigenvalue weighted by Gasteiger charge is -2.20. The summed E-state index contributed by atoms with van der Waals surface area (Å²) in [5.74, 6) is 0.557. The summed E-state index contributed by atoms with van der Waals surface area (Å²) in [6.07, 6.45) is 1.61. The largest absolute Gasteiger partial charge is 0.496 e. The van der Waals surface area contributed by atoms with E-state index in [2.05, 4.69) is 25.6 Å². The number of furan rings is 1. The number of ether oxygens (including phenoxy) is 1. The van der Waals surface area contributed by atoms with Crippen molar-refractivity contribution in [1.82, 2.24) is 9.71 Å². The molecule has 0 fully saturated rings. The van der Waals surface area contributed by atoms with Crippen LogP contribution in [0, 0.1) is 0 Å². The van der Waals surface area contributed by atoms with Crippen LogP contribution < -0.4 is 9.46 Å². The van der Waals surface area contributed by atoms with Crippen molar-refractivity contribution in [3.05, 3.63) is 76.7 Å². The van der Waals surface area contributed by atoms with E-state index in [0.717, 1.165) is 0 Å². The van der Waals surface area contributed by atoms with Crippen LogP contribution in [-0.2, 0) is 10.0 Å². The van der Waals surface area contributed by atoms with Crippen molar-refractivity contribution in [1.29, 1.82) is 0 Å². The molecule has 0 amide bonds. The summed E-state index contributed by atoms with van der Waals surface area (Å²) in [6, 6.07) is 14.7. The summed E-state index contributed by atoms with van der Waals surface area (Å²) in [5, 5.41) is -0.185. The van der Waals surface area contributed by atoms with Gasteiger partial charge in [-0.05, 0) is 46.3 Å². The van der Waals surface area contributed by atoms with E-state index in [-0.39, 0.29) is 5.09 Å². The van der Waals surface area contributed by atoms with Gasteiger partial charge in [0.1, 0.15) is 5.75 Å². The lowest BCUT2D eigenvalue weighted by molar-refractivity contribution is 0.404. The molecule has 0 aliphatic rings. The Labute approximate surface area is 154 Å². The zero-order valence-electron chi connectivity index (χ0n) is 13.2. The van der Waals surface area contributed by atoms with Crippen LogP contribution in [0.3, 0.4) is 0 Å². The summed E-state index contributed by atoms with van der Waals surface area (Å²) < 4.78 is 39.0. The number of halogens is 1. The number of hydrogen-bond donors (Lipinski definition) is 1. The van der Waals surface area contributed by atoms with Crippen LogP contribution >= 0.6 is 15.9 Å². The average Bonchev–Trinajstić information content (AvgIpc) is 3.08. The molecule has 1 N–H and O–H groups in total. The molecule has 3 aromatic rings. The number of methoxy groups -OCH3 is 1. The Morgan fingerprint density at radius 2 is 1.88 bits per heavy atom. The lowest BCUT2D eigenvalue weighted by Crippen LogP contribution is -2.30. The van der Waals surface area contributed by atoms with Crippen molar-refractivity contribution in [3.63, 3.8) is 0 Å². The smallest absolute Gasteiger partial charge is 0.274 e. The Morgan fingerprint density at radius 1 is 1.12 bits per heavy atom. The van der Waals surface area contributed by atoms with E-state index in [1.54, 1.807) is 36.5 Å². The minimum atomic E-state index is -3.90. The van der Waals surface area contributed by atoms with Crippen LogP contribution in [0.4, 0.5) is 0 Å². The maximum absolute atomic E-state index is 12.7. The highest BCUT2D eigenvalue weighted by Gasteiger charge is 2.28. The second kappa shape index (κ2) is 7.38. The van der Waals surface area contributed by atoms with Crippen molar-refractivity contribution in [2.24, 2.45) is 0 Å². The van der Waals surface area contributed by atoms with E-state index < -0.39 is 16.1 Å². The number of sulfonamides is 1. The first-order valence-electron chi connectivity index (χ1n) is 7.33. The first kappa shape index (κ1) is 17.7. The number of para-hydroxylation sites is 1. The van der Waals surface area contributed by atoms with Gasteiger partial charge in [0.05, 0.1) is 18.8 Å². The molecule has 25 heavy (non-hydrogen) atoms. The molecular weight excluding hydrogens is 408 g/mol.